The number of hydrazine groups is 1. The van der Waals surface area contributed by atoms with E-state index in [-0.39, 0.29) is 11.3 Å². The first-order chi connectivity index (χ1) is 13.3. The third-order valence-corrected chi connectivity index (χ3v) is 4.46. The highest BCUT2D eigenvalue weighted by molar-refractivity contribution is 6.33. The molecule has 3 rings (SSSR count). The van der Waals surface area contributed by atoms with Gasteiger partial charge in [0, 0.05) is 11.9 Å². The average Bonchev–Trinajstić information content (AvgIpc) is 2.93. The van der Waals surface area contributed by atoms with Gasteiger partial charge in [-0.3, -0.25) is 19.8 Å². The number of hydrogen-bond donors (Lipinski definition) is 1. The van der Waals surface area contributed by atoms with E-state index >= 15 is 0 Å². The molecule has 2 amide bonds. The maximum atomic E-state index is 12.7. The van der Waals surface area contributed by atoms with E-state index in [0.29, 0.717) is 22.0 Å². The van der Waals surface area contributed by atoms with Crippen LogP contribution in [0.3, 0.4) is 0 Å². The van der Waals surface area contributed by atoms with Gasteiger partial charge in [-0.15, -0.1) is 0 Å². The van der Waals surface area contributed by atoms with Gasteiger partial charge in [-0.25, -0.2) is 5.01 Å². The molecule has 0 unspecified atom stereocenters. The Hall–Kier alpha value is -3.32. The van der Waals surface area contributed by atoms with Crippen molar-refractivity contribution in [3.8, 4) is 11.5 Å². The van der Waals surface area contributed by atoms with Gasteiger partial charge in [0.15, 0.2) is 11.5 Å². The van der Waals surface area contributed by atoms with Gasteiger partial charge in [-0.2, -0.15) is 0 Å². The van der Waals surface area contributed by atoms with E-state index in [2.05, 4.69) is 5.43 Å². The van der Waals surface area contributed by atoms with Crippen LogP contribution in [0.5, 0.6) is 11.5 Å². The molecule has 0 aromatic heterocycles. The molecule has 7 nitrogen and oxygen atoms in total. The van der Waals surface area contributed by atoms with Crippen LogP contribution in [0.25, 0.3) is 6.08 Å². The van der Waals surface area contributed by atoms with E-state index in [1.165, 1.54) is 26.2 Å². The van der Waals surface area contributed by atoms with Gasteiger partial charge in [0.25, 0.3) is 11.8 Å². The molecular weight excluding hydrogens is 384 g/mol. The molecule has 8 heteroatoms. The number of amides is 2. The molecule has 1 fully saturated rings. The number of esters is 1. The molecule has 1 aliphatic heterocycles. The molecule has 2 aromatic rings. The summed E-state index contributed by atoms with van der Waals surface area (Å²) in [4.78, 5) is 36.2. The largest absolute Gasteiger partial charge is 0.493 e. The van der Waals surface area contributed by atoms with Gasteiger partial charge >= 0.3 is 5.97 Å². The van der Waals surface area contributed by atoms with Crippen molar-refractivity contribution in [2.45, 2.75) is 13.8 Å². The summed E-state index contributed by atoms with van der Waals surface area (Å²) in [6.07, 6.45) is 1.44. The second-order valence-electron chi connectivity index (χ2n) is 6.08. The minimum atomic E-state index is -0.537. The molecule has 0 aliphatic carbocycles. The summed E-state index contributed by atoms with van der Waals surface area (Å²) in [5.41, 5.74) is 4.33. The Morgan fingerprint density at radius 2 is 1.89 bits per heavy atom. The van der Waals surface area contributed by atoms with Crippen LogP contribution in [0, 0.1) is 6.92 Å². The van der Waals surface area contributed by atoms with Gasteiger partial charge in [-0.1, -0.05) is 23.7 Å². The molecule has 1 heterocycles. The molecule has 2 aromatic carbocycles. The molecule has 28 heavy (non-hydrogen) atoms. The number of halogens is 1. The Bertz CT molecular complexity index is 1020. The summed E-state index contributed by atoms with van der Waals surface area (Å²) in [6, 6.07) is 9.77. The Morgan fingerprint density at radius 3 is 2.54 bits per heavy atom. The highest BCUT2D eigenvalue weighted by Crippen LogP contribution is 2.30. The smallest absolute Gasteiger partial charge is 0.308 e. The molecule has 0 saturated carbocycles. The number of benzene rings is 2. The summed E-state index contributed by atoms with van der Waals surface area (Å²) in [6.45, 7) is 3.12. The molecular formula is C20H17ClN2O5. The van der Waals surface area contributed by atoms with E-state index in [1.54, 1.807) is 30.3 Å². The number of nitrogens with one attached hydrogen (secondary N) is 1. The number of ether oxygens (including phenoxy) is 2. The zero-order chi connectivity index (χ0) is 20.4. The summed E-state index contributed by atoms with van der Waals surface area (Å²) in [5, 5.41) is 1.63. The number of carbonyl (C=O) groups is 3. The predicted octanol–water partition coefficient (Wildman–Crippen LogP) is 3.04. The van der Waals surface area contributed by atoms with Crippen LogP contribution in [0.1, 0.15) is 18.1 Å². The van der Waals surface area contributed by atoms with Crippen molar-refractivity contribution < 1.29 is 23.9 Å². The van der Waals surface area contributed by atoms with Crippen LogP contribution >= 0.6 is 11.6 Å². The van der Waals surface area contributed by atoms with Crippen LogP contribution in [0.2, 0.25) is 5.02 Å². The lowest BCUT2D eigenvalue weighted by molar-refractivity contribution is -0.132. The molecule has 0 bridgehead atoms. The number of hydrogen-bond acceptors (Lipinski definition) is 5. The van der Waals surface area contributed by atoms with Crippen LogP contribution < -0.4 is 19.9 Å². The SMILES string of the molecule is COc1cc(C=C2C(=O)NN(c3ccc(C)c(Cl)c3)C2=O)ccc1OC(C)=O. The predicted molar refractivity (Wildman–Crippen MR) is 104 cm³/mol. The minimum absolute atomic E-state index is 0.0426. The first kappa shape index (κ1) is 19.4. The quantitative estimate of drug-likeness (QED) is 0.369. The standard InChI is InChI=1S/C20H17ClN2O5/c1-11-4-6-14(10-16(11)21)23-20(26)15(19(25)22-23)8-13-5-7-17(28-12(2)24)18(9-13)27-3/h4-10H,1-3H3,(H,22,25). The molecule has 1 saturated heterocycles. The summed E-state index contributed by atoms with van der Waals surface area (Å²) in [5.74, 6) is -0.979. The van der Waals surface area contributed by atoms with Crippen molar-refractivity contribution in [2.24, 2.45) is 0 Å². The van der Waals surface area contributed by atoms with Crippen molar-refractivity contribution in [1.82, 2.24) is 5.43 Å². The average molecular weight is 401 g/mol. The van der Waals surface area contributed by atoms with Gasteiger partial charge < -0.3 is 9.47 Å². The third-order valence-electron chi connectivity index (χ3n) is 4.06. The number of methoxy groups -OCH3 is 1. The van der Waals surface area contributed by atoms with Gasteiger partial charge in [0.1, 0.15) is 5.57 Å². The fraction of sp³-hybridized carbons (Fsp3) is 0.150. The second kappa shape index (κ2) is 7.74. The van der Waals surface area contributed by atoms with Crippen LogP contribution in [-0.2, 0) is 14.4 Å². The first-order valence-electron chi connectivity index (χ1n) is 8.30. The lowest BCUT2D eigenvalue weighted by Gasteiger charge is -2.15. The van der Waals surface area contributed by atoms with E-state index in [4.69, 9.17) is 21.1 Å². The van der Waals surface area contributed by atoms with Crippen molar-refractivity contribution in [1.29, 1.82) is 0 Å². The highest BCUT2D eigenvalue weighted by Gasteiger charge is 2.34. The van der Waals surface area contributed by atoms with Crippen LogP contribution in [0.15, 0.2) is 42.0 Å². The van der Waals surface area contributed by atoms with Gasteiger partial charge in [0.05, 0.1) is 12.8 Å². The van der Waals surface area contributed by atoms with E-state index < -0.39 is 17.8 Å². The van der Waals surface area contributed by atoms with Gasteiger partial charge in [0.2, 0.25) is 0 Å². The normalized spacial score (nSPS) is 15.0. The second-order valence-corrected chi connectivity index (χ2v) is 6.48. The number of rotatable bonds is 4. The maximum absolute atomic E-state index is 12.7. The molecule has 0 atom stereocenters. The number of carbonyl (C=O) groups excluding carboxylic acids is 3. The van der Waals surface area contributed by atoms with E-state index in [0.717, 1.165) is 10.6 Å². The third kappa shape index (κ3) is 3.84. The summed E-state index contributed by atoms with van der Waals surface area (Å²) in [7, 11) is 1.43. The highest BCUT2D eigenvalue weighted by atomic mass is 35.5. The fourth-order valence-electron chi connectivity index (χ4n) is 2.64. The summed E-state index contributed by atoms with van der Waals surface area (Å²) < 4.78 is 10.3. The zero-order valence-corrected chi connectivity index (χ0v) is 16.2. The monoisotopic (exact) mass is 400 g/mol. The topological polar surface area (TPSA) is 84.9 Å². The maximum Gasteiger partial charge on any atom is 0.308 e. The molecule has 1 N–H and O–H groups in total. The molecule has 0 radical (unpaired) electrons. The Morgan fingerprint density at radius 1 is 1.14 bits per heavy atom. The molecule has 144 valence electrons. The zero-order valence-electron chi connectivity index (χ0n) is 15.4. The fourth-order valence-corrected chi connectivity index (χ4v) is 2.81. The van der Waals surface area contributed by atoms with Crippen LogP contribution in [0.4, 0.5) is 5.69 Å². The number of nitrogens with zero attached hydrogens (tertiary/aromatic N) is 1. The van der Waals surface area contributed by atoms with Crippen molar-refractivity contribution in [3.05, 3.63) is 58.1 Å². The van der Waals surface area contributed by atoms with E-state index in [9.17, 15) is 14.4 Å². The number of anilines is 1. The Kier molecular flexibility index (Phi) is 5.37. The van der Waals surface area contributed by atoms with Gasteiger partial charge in [-0.05, 0) is 48.4 Å². The molecule has 0 spiro atoms. The number of aryl methyl sites for hydroxylation is 1. The Balaban J connectivity index is 1.92. The van der Waals surface area contributed by atoms with E-state index in [1.807, 2.05) is 6.92 Å². The molecule has 1 aliphatic rings. The van der Waals surface area contributed by atoms with Crippen molar-refractivity contribution in [3.63, 3.8) is 0 Å². The lowest BCUT2D eigenvalue weighted by Crippen LogP contribution is -2.35. The van der Waals surface area contributed by atoms with Crippen LogP contribution in [-0.4, -0.2) is 24.9 Å². The minimum Gasteiger partial charge on any atom is -0.493 e. The Labute approximate surface area is 166 Å². The van der Waals surface area contributed by atoms with Crippen molar-refractivity contribution in [2.75, 3.05) is 12.1 Å². The summed E-state index contributed by atoms with van der Waals surface area (Å²) >= 11 is 6.11. The first-order valence-corrected chi connectivity index (χ1v) is 8.67. The van der Waals surface area contributed by atoms with Crippen molar-refractivity contribution >= 4 is 41.1 Å². The lowest BCUT2D eigenvalue weighted by atomic mass is 10.1.